The molecule has 0 aromatic carbocycles. The molecule has 8 heteroatoms. The zero-order valence-corrected chi connectivity index (χ0v) is 15.9. The molecular formula is C19H23N5O2S. The van der Waals surface area contributed by atoms with Crippen LogP contribution in [0.15, 0.2) is 28.6 Å². The van der Waals surface area contributed by atoms with Crippen LogP contribution in [0, 0.1) is 0 Å². The fourth-order valence-corrected chi connectivity index (χ4v) is 4.40. The van der Waals surface area contributed by atoms with Gasteiger partial charge in [0.25, 0.3) is 5.56 Å². The van der Waals surface area contributed by atoms with Gasteiger partial charge in [-0.05, 0) is 24.3 Å². The average molecular weight is 385 g/mol. The van der Waals surface area contributed by atoms with Crippen molar-refractivity contribution in [3.8, 4) is 0 Å². The second-order valence-electron chi connectivity index (χ2n) is 7.08. The van der Waals surface area contributed by atoms with Gasteiger partial charge in [0.15, 0.2) is 5.82 Å². The smallest absolute Gasteiger partial charge is 0.262 e. The Morgan fingerprint density at radius 1 is 1.30 bits per heavy atom. The van der Waals surface area contributed by atoms with Crippen molar-refractivity contribution in [1.82, 2.24) is 19.7 Å². The van der Waals surface area contributed by atoms with Gasteiger partial charge in [0.1, 0.15) is 4.83 Å². The lowest BCUT2D eigenvalue weighted by molar-refractivity contribution is -0.116. The molecule has 27 heavy (non-hydrogen) atoms. The van der Waals surface area contributed by atoms with E-state index in [1.54, 1.807) is 6.07 Å². The van der Waals surface area contributed by atoms with Crippen molar-refractivity contribution < 1.29 is 4.79 Å². The van der Waals surface area contributed by atoms with Crippen molar-refractivity contribution in [2.45, 2.75) is 57.4 Å². The van der Waals surface area contributed by atoms with Crippen molar-refractivity contribution in [2.24, 2.45) is 0 Å². The molecule has 0 spiro atoms. The highest BCUT2D eigenvalue weighted by Crippen LogP contribution is 2.31. The molecule has 1 saturated carbocycles. The summed E-state index contributed by atoms with van der Waals surface area (Å²) in [5.41, 5.74) is 1.000. The summed E-state index contributed by atoms with van der Waals surface area (Å²) in [6.07, 6.45) is 9.17. The van der Waals surface area contributed by atoms with Crippen LogP contribution in [-0.2, 0) is 11.3 Å². The monoisotopic (exact) mass is 385 g/mol. The minimum atomic E-state index is -0.161. The van der Waals surface area contributed by atoms with Gasteiger partial charge in [-0.1, -0.05) is 25.7 Å². The second kappa shape index (κ2) is 8.04. The molecule has 3 aromatic heterocycles. The van der Waals surface area contributed by atoms with E-state index in [1.807, 2.05) is 11.4 Å². The quantitative estimate of drug-likeness (QED) is 0.656. The van der Waals surface area contributed by atoms with Gasteiger partial charge in [0, 0.05) is 30.6 Å². The molecule has 1 fully saturated rings. The molecule has 0 aliphatic heterocycles. The number of aromatic nitrogens is 4. The lowest BCUT2D eigenvalue weighted by atomic mass is 9.97. The van der Waals surface area contributed by atoms with E-state index in [0.29, 0.717) is 23.7 Å². The summed E-state index contributed by atoms with van der Waals surface area (Å²) >= 11 is 1.44. The number of hydrogen-bond acceptors (Lipinski definition) is 5. The highest BCUT2D eigenvalue weighted by molar-refractivity contribution is 7.16. The second-order valence-corrected chi connectivity index (χ2v) is 7.97. The number of nitrogens with zero attached hydrogens (tertiary/aromatic N) is 3. The van der Waals surface area contributed by atoms with E-state index < -0.39 is 0 Å². The van der Waals surface area contributed by atoms with Gasteiger partial charge in [-0.2, -0.15) is 5.10 Å². The lowest BCUT2D eigenvalue weighted by Crippen LogP contribution is -2.23. The SMILES string of the molecule is O=C(CCn1cnc2sccc2c1=O)Nc1cc(C2CCCCCC2)[nH]n1. The predicted octanol–water partition coefficient (Wildman–Crippen LogP) is 3.65. The van der Waals surface area contributed by atoms with E-state index in [0.717, 1.165) is 10.5 Å². The van der Waals surface area contributed by atoms with Crippen molar-refractivity contribution >= 4 is 33.3 Å². The molecule has 0 unspecified atom stereocenters. The Labute approximate surface area is 160 Å². The fraction of sp³-hybridized carbons (Fsp3) is 0.474. The lowest BCUT2D eigenvalue weighted by Gasteiger charge is -2.10. The highest BCUT2D eigenvalue weighted by atomic mass is 32.1. The Kier molecular flexibility index (Phi) is 5.33. The Hall–Kier alpha value is -2.48. The van der Waals surface area contributed by atoms with E-state index in [1.165, 1.54) is 60.8 Å². The number of H-pyrrole nitrogens is 1. The first kappa shape index (κ1) is 17.9. The number of aryl methyl sites for hydroxylation is 1. The molecule has 0 radical (unpaired) electrons. The van der Waals surface area contributed by atoms with Gasteiger partial charge in [0.05, 0.1) is 11.7 Å². The molecular weight excluding hydrogens is 362 g/mol. The van der Waals surface area contributed by atoms with Gasteiger partial charge in [-0.25, -0.2) is 4.98 Å². The number of carbonyl (C=O) groups is 1. The summed E-state index contributed by atoms with van der Waals surface area (Å²) in [5.74, 6) is 0.900. The maximum absolute atomic E-state index is 12.3. The zero-order chi connectivity index (χ0) is 18.6. The van der Waals surface area contributed by atoms with Gasteiger partial charge in [0.2, 0.25) is 5.91 Å². The molecule has 142 valence electrons. The van der Waals surface area contributed by atoms with Crippen molar-refractivity contribution in [3.05, 3.63) is 39.9 Å². The maximum Gasteiger partial charge on any atom is 0.262 e. The number of thiophene rings is 1. The Bertz CT molecular complexity index is 981. The van der Waals surface area contributed by atoms with Crippen LogP contribution in [0.5, 0.6) is 0 Å². The number of hydrogen-bond donors (Lipinski definition) is 2. The van der Waals surface area contributed by atoms with E-state index in [-0.39, 0.29) is 17.9 Å². The van der Waals surface area contributed by atoms with E-state index in [4.69, 9.17) is 0 Å². The molecule has 4 rings (SSSR count). The van der Waals surface area contributed by atoms with Crippen LogP contribution in [0.25, 0.3) is 10.2 Å². The maximum atomic E-state index is 12.3. The van der Waals surface area contributed by atoms with E-state index in [2.05, 4.69) is 20.5 Å². The normalized spacial score (nSPS) is 15.7. The Morgan fingerprint density at radius 3 is 2.93 bits per heavy atom. The number of anilines is 1. The van der Waals surface area contributed by atoms with Crippen molar-refractivity contribution in [3.63, 3.8) is 0 Å². The molecule has 0 bridgehead atoms. The molecule has 3 heterocycles. The molecule has 7 nitrogen and oxygen atoms in total. The van der Waals surface area contributed by atoms with Crippen LogP contribution >= 0.6 is 11.3 Å². The van der Waals surface area contributed by atoms with Gasteiger partial charge < -0.3 is 5.32 Å². The third-order valence-electron chi connectivity index (χ3n) is 5.19. The van der Waals surface area contributed by atoms with Gasteiger partial charge in [-0.3, -0.25) is 19.3 Å². The van der Waals surface area contributed by atoms with Crippen LogP contribution < -0.4 is 10.9 Å². The number of amides is 1. The Balaban J connectivity index is 1.35. The zero-order valence-electron chi connectivity index (χ0n) is 15.1. The molecule has 0 saturated heterocycles. The molecule has 1 aliphatic rings. The topological polar surface area (TPSA) is 92.7 Å². The molecule has 1 amide bonds. The van der Waals surface area contributed by atoms with Crippen LogP contribution in [0.1, 0.15) is 56.6 Å². The minimum absolute atomic E-state index is 0.107. The first-order chi connectivity index (χ1) is 13.2. The standard InChI is InChI=1S/C19H23N5O2S/c25-17(7-9-24-12-20-18-14(19(24)26)8-10-27-18)21-16-11-15(22-23-16)13-5-3-1-2-4-6-13/h8,10-13H,1-7,9H2,(H2,21,22,23,25). The summed E-state index contributed by atoms with van der Waals surface area (Å²) in [6, 6.07) is 3.71. The molecule has 3 aromatic rings. The predicted molar refractivity (Wildman–Crippen MR) is 106 cm³/mol. The third-order valence-corrected chi connectivity index (χ3v) is 6.01. The summed E-state index contributed by atoms with van der Waals surface area (Å²) in [7, 11) is 0. The first-order valence-electron chi connectivity index (χ1n) is 9.48. The van der Waals surface area contributed by atoms with Crippen molar-refractivity contribution in [1.29, 1.82) is 0 Å². The van der Waals surface area contributed by atoms with E-state index in [9.17, 15) is 9.59 Å². The summed E-state index contributed by atoms with van der Waals surface area (Å²) in [6.45, 7) is 0.295. The molecule has 1 aliphatic carbocycles. The summed E-state index contributed by atoms with van der Waals surface area (Å²) < 4.78 is 1.48. The van der Waals surface area contributed by atoms with Crippen LogP contribution in [0.4, 0.5) is 5.82 Å². The number of fused-ring (bicyclic) bond motifs is 1. The van der Waals surface area contributed by atoms with Gasteiger partial charge >= 0.3 is 0 Å². The average Bonchev–Trinajstić information content (AvgIpc) is 3.25. The van der Waals surface area contributed by atoms with E-state index >= 15 is 0 Å². The minimum Gasteiger partial charge on any atom is -0.309 e. The van der Waals surface area contributed by atoms with Gasteiger partial charge in [-0.15, -0.1) is 11.3 Å². The van der Waals surface area contributed by atoms with Crippen LogP contribution in [-0.4, -0.2) is 25.7 Å². The fourth-order valence-electron chi connectivity index (χ4n) is 3.68. The number of carbonyl (C=O) groups excluding carboxylic acids is 1. The van der Waals surface area contributed by atoms with Crippen LogP contribution in [0.2, 0.25) is 0 Å². The first-order valence-corrected chi connectivity index (χ1v) is 10.4. The molecule has 2 N–H and O–H groups in total. The number of aromatic amines is 1. The Morgan fingerprint density at radius 2 is 2.11 bits per heavy atom. The largest absolute Gasteiger partial charge is 0.309 e. The summed E-state index contributed by atoms with van der Waals surface area (Å²) in [5, 5.41) is 12.6. The third kappa shape index (κ3) is 4.10. The highest BCUT2D eigenvalue weighted by Gasteiger charge is 2.17. The van der Waals surface area contributed by atoms with Crippen LogP contribution in [0.3, 0.4) is 0 Å². The summed E-state index contributed by atoms with van der Waals surface area (Å²) in [4.78, 5) is 29.6. The number of nitrogens with one attached hydrogen (secondary N) is 2. The molecule has 0 atom stereocenters. The number of rotatable bonds is 5. The van der Waals surface area contributed by atoms with Crippen molar-refractivity contribution in [2.75, 3.05) is 5.32 Å².